The lowest BCUT2D eigenvalue weighted by molar-refractivity contribution is -0.200. The molecule has 1 unspecified atom stereocenters. The SMILES string of the molecule is CCC(=O)OCCOC(C)(C)CCOC(C)(C)CCOC(=O)CC(C)(C)CC(C)C(=O)ON1C(=O)CCC1=O. The van der Waals surface area contributed by atoms with E-state index in [1.165, 1.54) is 0 Å². The number of hydrogen-bond acceptors (Lipinski definition) is 10. The summed E-state index contributed by atoms with van der Waals surface area (Å²) in [5.41, 5.74) is -1.54. The largest absolute Gasteiger partial charge is 0.466 e. The summed E-state index contributed by atoms with van der Waals surface area (Å²) in [7, 11) is 0. The Labute approximate surface area is 232 Å². The Morgan fingerprint density at radius 2 is 1.31 bits per heavy atom. The van der Waals surface area contributed by atoms with E-state index in [-0.39, 0.29) is 44.4 Å². The third-order valence-electron chi connectivity index (χ3n) is 6.36. The standard InChI is InChI=1S/C28H47NO10/c1-9-23(32)36-16-17-38-28(7,8)13-15-37-27(5,6)12-14-35-24(33)19-26(3,4)18-20(2)25(34)39-29-21(30)10-11-22(29)31/h20H,9-19H2,1-8H3. The Morgan fingerprint density at radius 3 is 1.87 bits per heavy atom. The van der Waals surface area contributed by atoms with Gasteiger partial charge in [0, 0.05) is 25.7 Å². The fraction of sp³-hybridized carbons (Fsp3) is 0.821. The molecule has 0 aromatic carbocycles. The maximum Gasteiger partial charge on any atom is 0.335 e. The number of carbonyl (C=O) groups is 5. The first-order valence-corrected chi connectivity index (χ1v) is 13.6. The van der Waals surface area contributed by atoms with Gasteiger partial charge in [-0.15, -0.1) is 5.06 Å². The van der Waals surface area contributed by atoms with Crippen LogP contribution >= 0.6 is 0 Å². The van der Waals surface area contributed by atoms with Crippen LogP contribution in [0.1, 0.15) is 100 Å². The van der Waals surface area contributed by atoms with E-state index in [1.54, 1.807) is 13.8 Å². The topological polar surface area (TPSA) is 135 Å². The Morgan fingerprint density at radius 1 is 0.795 bits per heavy atom. The second kappa shape index (κ2) is 15.3. The van der Waals surface area contributed by atoms with Gasteiger partial charge < -0.3 is 23.8 Å². The van der Waals surface area contributed by atoms with E-state index in [1.807, 2.05) is 41.5 Å². The quantitative estimate of drug-likeness (QED) is 0.139. The lowest BCUT2D eigenvalue weighted by Crippen LogP contribution is -2.35. The molecule has 0 N–H and O–H groups in total. The van der Waals surface area contributed by atoms with Crippen molar-refractivity contribution >= 4 is 29.7 Å². The molecular weight excluding hydrogens is 510 g/mol. The first-order valence-electron chi connectivity index (χ1n) is 13.6. The van der Waals surface area contributed by atoms with Crippen LogP contribution in [0.2, 0.25) is 0 Å². The van der Waals surface area contributed by atoms with Gasteiger partial charge in [-0.3, -0.25) is 19.2 Å². The molecule has 1 atom stereocenters. The van der Waals surface area contributed by atoms with Crippen LogP contribution in [-0.4, -0.2) is 72.4 Å². The number of amides is 2. The van der Waals surface area contributed by atoms with Crippen molar-refractivity contribution in [2.75, 3.05) is 26.4 Å². The van der Waals surface area contributed by atoms with Gasteiger partial charge >= 0.3 is 17.9 Å². The number of hydroxylamine groups is 2. The number of hydrogen-bond donors (Lipinski definition) is 0. The Hall–Kier alpha value is -2.53. The van der Waals surface area contributed by atoms with Crippen molar-refractivity contribution in [3.05, 3.63) is 0 Å². The van der Waals surface area contributed by atoms with Crippen molar-refractivity contribution in [3.63, 3.8) is 0 Å². The minimum absolute atomic E-state index is 0.0329. The zero-order chi connectivity index (χ0) is 29.9. The van der Waals surface area contributed by atoms with Crippen molar-refractivity contribution in [3.8, 4) is 0 Å². The lowest BCUT2D eigenvalue weighted by atomic mass is 9.80. The van der Waals surface area contributed by atoms with Crippen molar-refractivity contribution in [2.45, 2.75) is 112 Å². The maximum atomic E-state index is 12.5. The van der Waals surface area contributed by atoms with Crippen LogP contribution in [0.5, 0.6) is 0 Å². The van der Waals surface area contributed by atoms with Gasteiger partial charge in [0.05, 0.1) is 43.4 Å². The highest BCUT2D eigenvalue weighted by atomic mass is 16.7. The zero-order valence-electron chi connectivity index (χ0n) is 24.9. The van der Waals surface area contributed by atoms with Crippen molar-refractivity contribution in [2.24, 2.45) is 11.3 Å². The van der Waals surface area contributed by atoms with E-state index in [2.05, 4.69) is 0 Å². The molecule has 224 valence electrons. The summed E-state index contributed by atoms with van der Waals surface area (Å²) in [5.74, 6) is -3.01. The number of imide groups is 1. The zero-order valence-corrected chi connectivity index (χ0v) is 24.9. The van der Waals surface area contributed by atoms with Gasteiger partial charge in [0.1, 0.15) is 6.61 Å². The van der Waals surface area contributed by atoms with Crippen LogP contribution in [0.15, 0.2) is 0 Å². The minimum atomic E-state index is -0.688. The van der Waals surface area contributed by atoms with E-state index < -0.39 is 40.3 Å². The molecular formula is C28H47NO10. The number of esters is 2. The predicted molar refractivity (Wildman–Crippen MR) is 141 cm³/mol. The average molecular weight is 558 g/mol. The second-order valence-corrected chi connectivity index (χ2v) is 11.9. The first-order chi connectivity index (χ1) is 18.0. The Bertz CT molecular complexity index is 848. The van der Waals surface area contributed by atoms with E-state index in [9.17, 15) is 24.0 Å². The van der Waals surface area contributed by atoms with Gasteiger partial charge in [0.15, 0.2) is 0 Å². The molecule has 0 aliphatic carbocycles. The van der Waals surface area contributed by atoms with E-state index in [0.29, 0.717) is 44.0 Å². The first kappa shape index (κ1) is 34.5. The van der Waals surface area contributed by atoms with E-state index >= 15 is 0 Å². The molecule has 0 aromatic rings. The van der Waals surface area contributed by atoms with E-state index in [0.717, 1.165) is 0 Å². The molecule has 0 aromatic heterocycles. The highest BCUT2D eigenvalue weighted by Gasteiger charge is 2.36. The molecule has 0 spiro atoms. The van der Waals surface area contributed by atoms with Gasteiger partial charge in [-0.25, -0.2) is 4.79 Å². The summed E-state index contributed by atoms with van der Waals surface area (Å²) in [6, 6.07) is 0. The van der Waals surface area contributed by atoms with Crippen LogP contribution in [0.3, 0.4) is 0 Å². The lowest BCUT2D eigenvalue weighted by Gasteiger charge is -2.30. The fourth-order valence-electron chi connectivity index (χ4n) is 3.97. The highest BCUT2D eigenvalue weighted by molar-refractivity contribution is 6.01. The highest BCUT2D eigenvalue weighted by Crippen LogP contribution is 2.31. The number of ether oxygens (including phenoxy) is 4. The van der Waals surface area contributed by atoms with E-state index in [4.69, 9.17) is 23.8 Å². The summed E-state index contributed by atoms with van der Waals surface area (Å²) in [4.78, 5) is 64.3. The average Bonchev–Trinajstić information content (AvgIpc) is 3.12. The summed E-state index contributed by atoms with van der Waals surface area (Å²) < 4.78 is 22.2. The van der Waals surface area contributed by atoms with Gasteiger partial charge in [-0.05, 0) is 46.0 Å². The summed E-state index contributed by atoms with van der Waals surface area (Å²) in [6.45, 7) is 15.9. The van der Waals surface area contributed by atoms with Crippen molar-refractivity contribution in [1.29, 1.82) is 0 Å². The maximum absolute atomic E-state index is 12.5. The van der Waals surface area contributed by atoms with Gasteiger partial charge in [-0.1, -0.05) is 27.7 Å². The van der Waals surface area contributed by atoms with Crippen LogP contribution < -0.4 is 0 Å². The molecule has 1 aliphatic rings. The molecule has 39 heavy (non-hydrogen) atoms. The molecule has 2 amide bonds. The number of carbonyl (C=O) groups excluding carboxylic acids is 5. The molecule has 1 heterocycles. The van der Waals surface area contributed by atoms with Crippen LogP contribution in [0, 0.1) is 11.3 Å². The molecule has 1 saturated heterocycles. The summed E-state index contributed by atoms with van der Waals surface area (Å²) >= 11 is 0. The molecule has 0 bridgehead atoms. The van der Waals surface area contributed by atoms with Gasteiger partial charge in [0.25, 0.3) is 11.8 Å². The van der Waals surface area contributed by atoms with Crippen LogP contribution in [0.4, 0.5) is 0 Å². The molecule has 0 radical (unpaired) electrons. The van der Waals surface area contributed by atoms with Crippen LogP contribution in [-0.2, 0) is 47.8 Å². The van der Waals surface area contributed by atoms with Crippen molar-refractivity contribution in [1.82, 2.24) is 5.06 Å². The molecule has 1 aliphatic heterocycles. The third-order valence-corrected chi connectivity index (χ3v) is 6.36. The normalized spacial score (nSPS) is 15.3. The smallest absolute Gasteiger partial charge is 0.335 e. The molecule has 1 fully saturated rings. The van der Waals surface area contributed by atoms with Gasteiger partial charge in [-0.2, -0.15) is 0 Å². The number of rotatable bonds is 18. The molecule has 11 heteroatoms. The van der Waals surface area contributed by atoms with Crippen molar-refractivity contribution < 1.29 is 47.8 Å². The Kier molecular flexibility index (Phi) is 13.5. The summed E-state index contributed by atoms with van der Waals surface area (Å²) in [5, 5.41) is 0.532. The van der Waals surface area contributed by atoms with Crippen LogP contribution in [0.25, 0.3) is 0 Å². The molecule has 0 saturated carbocycles. The molecule has 11 nitrogen and oxygen atoms in total. The predicted octanol–water partition coefficient (Wildman–Crippen LogP) is 3.90. The monoisotopic (exact) mass is 557 g/mol. The minimum Gasteiger partial charge on any atom is -0.466 e. The molecule has 1 rings (SSSR count). The Balaban J connectivity index is 2.33. The third kappa shape index (κ3) is 13.9. The fourth-order valence-corrected chi connectivity index (χ4v) is 3.97. The van der Waals surface area contributed by atoms with Gasteiger partial charge in [0.2, 0.25) is 0 Å². The second-order valence-electron chi connectivity index (χ2n) is 11.9. The summed E-state index contributed by atoms with van der Waals surface area (Å²) in [6.07, 6.45) is 1.93. The number of nitrogens with zero attached hydrogens (tertiary/aromatic N) is 1.